The van der Waals surface area contributed by atoms with Crippen molar-refractivity contribution in [1.82, 2.24) is 9.78 Å². The number of anilines is 4. The van der Waals surface area contributed by atoms with E-state index < -0.39 is 17.5 Å². The molecule has 0 aliphatic carbocycles. The molecule has 2 aromatic carbocycles. The number of benzene rings is 2. The Morgan fingerprint density at radius 2 is 1.71 bits per heavy atom. The normalized spacial score (nSPS) is 9.63. The number of hydrogen-bond donors (Lipinski definition) is 3. The molecule has 0 fully saturated rings. The maximum absolute atomic E-state index is 14.2. The van der Waals surface area contributed by atoms with E-state index in [4.69, 9.17) is 0 Å². The van der Waals surface area contributed by atoms with Crippen LogP contribution in [0, 0.1) is 18.6 Å². The highest BCUT2D eigenvalue weighted by molar-refractivity contribution is 6.00. The number of nitrogens with zero attached hydrogens (tertiary/aromatic N) is 2. The zero-order valence-electron chi connectivity index (χ0n) is 21.2. The van der Waals surface area contributed by atoms with E-state index in [2.05, 4.69) is 27.6 Å². The lowest BCUT2D eigenvalue weighted by Crippen LogP contribution is -2.24. The van der Waals surface area contributed by atoms with Crippen molar-refractivity contribution in [1.29, 1.82) is 0 Å². The first-order valence-electron chi connectivity index (χ1n) is 11.3. The Hall–Kier alpha value is -4.01. The lowest BCUT2D eigenvalue weighted by molar-refractivity contribution is -0.111. The van der Waals surface area contributed by atoms with Crippen molar-refractivity contribution in [2.75, 3.05) is 23.0 Å². The molecule has 0 atom stereocenters. The van der Waals surface area contributed by atoms with Crippen molar-refractivity contribution in [3.05, 3.63) is 76.6 Å². The lowest BCUT2D eigenvalue weighted by Gasteiger charge is -2.17. The molecular formula is C26H37F2N5O2. The summed E-state index contributed by atoms with van der Waals surface area (Å²) in [5, 5.41) is 12.8. The number of amides is 1. The van der Waals surface area contributed by atoms with Gasteiger partial charge < -0.3 is 16.0 Å². The van der Waals surface area contributed by atoms with Crippen LogP contribution in [0.15, 0.2) is 53.8 Å². The maximum Gasteiger partial charge on any atom is 0.290 e. The number of aryl methyl sites for hydroxylation is 1. The van der Waals surface area contributed by atoms with Crippen LogP contribution >= 0.6 is 0 Å². The number of carbonyl (C=O) groups is 1. The molecule has 3 rings (SSSR count). The van der Waals surface area contributed by atoms with Crippen LogP contribution in [-0.2, 0) is 11.8 Å². The molecule has 3 N–H and O–H groups in total. The van der Waals surface area contributed by atoms with Crippen molar-refractivity contribution in [3.63, 3.8) is 0 Å². The molecule has 0 spiro atoms. The maximum atomic E-state index is 14.2. The van der Waals surface area contributed by atoms with Gasteiger partial charge in [-0.25, -0.2) is 13.5 Å². The molecule has 7 nitrogen and oxygen atoms in total. The highest BCUT2D eigenvalue weighted by atomic mass is 19.1. The van der Waals surface area contributed by atoms with Gasteiger partial charge >= 0.3 is 0 Å². The van der Waals surface area contributed by atoms with Gasteiger partial charge in [0.25, 0.3) is 5.56 Å². The van der Waals surface area contributed by atoms with Gasteiger partial charge in [0.15, 0.2) is 0 Å². The van der Waals surface area contributed by atoms with Crippen LogP contribution in [0.25, 0.3) is 11.3 Å². The second-order valence-electron chi connectivity index (χ2n) is 6.73. The molecule has 0 radical (unpaired) electrons. The average molecular weight is 490 g/mol. The third-order valence-corrected chi connectivity index (χ3v) is 4.67. The minimum absolute atomic E-state index is 0. The number of halogens is 2. The molecule has 0 aliphatic rings. The second kappa shape index (κ2) is 13.6. The van der Waals surface area contributed by atoms with Gasteiger partial charge in [-0.2, -0.15) is 5.10 Å². The zero-order valence-corrected chi connectivity index (χ0v) is 21.2. The topological polar surface area (TPSA) is 88.1 Å². The van der Waals surface area contributed by atoms with Crippen LogP contribution < -0.4 is 21.5 Å². The third kappa shape index (κ3) is 6.99. The first-order valence-corrected chi connectivity index (χ1v) is 11.3. The molecule has 0 aliphatic heterocycles. The Labute approximate surface area is 207 Å². The van der Waals surface area contributed by atoms with E-state index in [0.717, 1.165) is 18.2 Å². The average Bonchev–Trinajstić information content (AvgIpc) is 2.86. The van der Waals surface area contributed by atoms with E-state index in [1.165, 1.54) is 17.8 Å². The van der Waals surface area contributed by atoms with Gasteiger partial charge in [0, 0.05) is 45.5 Å². The van der Waals surface area contributed by atoms with Crippen LogP contribution in [0.3, 0.4) is 0 Å². The molecule has 3 aromatic rings. The fourth-order valence-corrected chi connectivity index (χ4v) is 3.12. The molecule has 0 unspecified atom stereocenters. The van der Waals surface area contributed by atoms with E-state index in [1.54, 1.807) is 32.2 Å². The Kier molecular flexibility index (Phi) is 11.3. The van der Waals surface area contributed by atoms with Crippen molar-refractivity contribution in [2.24, 2.45) is 7.05 Å². The fraction of sp³-hybridized carbons (Fsp3) is 0.269. The Morgan fingerprint density at radius 3 is 2.29 bits per heavy atom. The summed E-state index contributed by atoms with van der Waals surface area (Å²) in [6.07, 6.45) is 1.13. The quantitative estimate of drug-likeness (QED) is 0.345. The van der Waals surface area contributed by atoms with E-state index >= 15 is 0 Å². The Bertz CT molecular complexity index is 1250. The van der Waals surface area contributed by atoms with Crippen molar-refractivity contribution < 1.29 is 16.4 Å². The zero-order chi connectivity index (χ0) is 26.7. The molecule has 1 aromatic heterocycles. The van der Waals surface area contributed by atoms with Crippen molar-refractivity contribution in [2.45, 2.75) is 34.6 Å². The Morgan fingerprint density at radius 1 is 1.09 bits per heavy atom. The summed E-state index contributed by atoms with van der Waals surface area (Å²) in [4.78, 5) is 24.1. The van der Waals surface area contributed by atoms with E-state index in [9.17, 15) is 18.4 Å². The van der Waals surface area contributed by atoms with Crippen LogP contribution in [0.1, 0.15) is 36.1 Å². The Balaban J connectivity index is 0. The van der Waals surface area contributed by atoms with Crippen LogP contribution in [-0.4, -0.2) is 22.7 Å². The molecule has 9 heteroatoms. The number of rotatable bonds is 6. The van der Waals surface area contributed by atoms with Gasteiger partial charge in [0.2, 0.25) is 5.91 Å². The summed E-state index contributed by atoms with van der Waals surface area (Å²) >= 11 is 0. The molecule has 0 saturated heterocycles. The molecular weight excluding hydrogens is 452 g/mol. The summed E-state index contributed by atoms with van der Waals surface area (Å²) in [5.41, 5.74) is 2.50. The van der Waals surface area contributed by atoms with E-state index in [1.807, 2.05) is 27.7 Å². The second-order valence-corrected chi connectivity index (χ2v) is 6.73. The van der Waals surface area contributed by atoms with Gasteiger partial charge in [0.05, 0.1) is 11.4 Å². The largest absolute Gasteiger partial charge is 0.383 e. The van der Waals surface area contributed by atoms with Gasteiger partial charge in [-0.15, -0.1) is 0 Å². The van der Waals surface area contributed by atoms with Crippen LogP contribution in [0.4, 0.5) is 31.5 Å². The molecule has 35 heavy (non-hydrogen) atoms. The summed E-state index contributed by atoms with van der Waals surface area (Å²) in [5.74, 6) is -1.87. The van der Waals surface area contributed by atoms with Crippen molar-refractivity contribution >= 4 is 28.7 Å². The molecule has 192 valence electrons. The van der Waals surface area contributed by atoms with Crippen LogP contribution in [0.2, 0.25) is 0 Å². The summed E-state index contributed by atoms with van der Waals surface area (Å²) in [6, 6.07) is 8.08. The smallest absolute Gasteiger partial charge is 0.290 e. The van der Waals surface area contributed by atoms with Gasteiger partial charge in [-0.05, 0) is 43.3 Å². The number of hydrogen-bond acceptors (Lipinski definition) is 5. The van der Waals surface area contributed by atoms with Gasteiger partial charge in [-0.1, -0.05) is 34.3 Å². The highest BCUT2D eigenvalue weighted by Crippen LogP contribution is 2.35. The van der Waals surface area contributed by atoms with Gasteiger partial charge in [0.1, 0.15) is 17.3 Å². The van der Waals surface area contributed by atoms with Gasteiger partial charge in [-0.3, -0.25) is 9.59 Å². The molecule has 1 heterocycles. The monoisotopic (exact) mass is 489 g/mol. The molecule has 0 bridgehead atoms. The highest BCUT2D eigenvalue weighted by Gasteiger charge is 2.18. The third-order valence-electron chi connectivity index (χ3n) is 4.67. The van der Waals surface area contributed by atoms with E-state index in [0.29, 0.717) is 33.9 Å². The molecule has 1 amide bonds. The lowest BCUT2D eigenvalue weighted by atomic mass is 10.0. The van der Waals surface area contributed by atoms with Crippen LogP contribution in [0.5, 0.6) is 0 Å². The number of nitrogens with one attached hydrogen (secondary N) is 3. The fourth-order valence-electron chi connectivity index (χ4n) is 3.12. The minimum atomic E-state index is -0.768. The SMILES string of the molecule is C=CC(=O)Nc1ccc(Nc2ccc(F)cc2F)c(-c2nn(C)c(=O)c(NC)c2C)c1.CC.CC.[HH].[HH]. The summed E-state index contributed by atoms with van der Waals surface area (Å²) < 4.78 is 28.7. The minimum Gasteiger partial charge on any atom is -0.383 e. The predicted octanol–water partition coefficient (Wildman–Crippen LogP) is 6.49. The number of aromatic nitrogens is 2. The first kappa shape index (κ1) is 29.0. The van der Waals surface area contributed by atoms with E-state index in [-0.39, 0.29) is 14.1 Å². The first-order chi connectivity index (χ1) is 16.7. The molecule has 0 saturated carbocycles. The summed E-state index contributed by atoms with van der Waals surface area (Å²) in [7, 11) is 3.14. The van der Waals surface area contributed by atoms with Crippen molar-refractivity contribution in [3.8, 4) is 11.3 Å². The summed E-state index contributed by atoms with van der Waals surface area (Å²) in [6.45, 7) is 13.2. The number of carbonyl (C=O) groups excluding carboxylic acids is 1. The standard InChI is InChI=1S/C22H21F2N5O2.2C2H6.2H2/c1-5-19(30)26-14-7-9-17(27-18-8-6-13(23)10-16(18)24)15(11-14)20-12(2)21(25-3)22(31)29(4)28-20;2*1-2;;/h5-11,25,27H,1H2,2-4H3,(H,26,30);2*1-2H3;2*1H. The predicted molar refractivity (Wildman–Crippen MR) is 145 cm³/mol.